The van der Waals surface area contributed by atoms with E-state index in [0.29, 0.717) is 18.1 Å². The molecule has 2 rings (SSSR count). The number of carbonyl (C=O) groups excluding carboxylic acids is 1. The third kappa shape index (κ3) is 3.23. The zero-order valence-electron chi connectivity index (χ0n) is 9.60. The van der Waals surface area contributed by atoms with Gasteiger partial charge in [0.2, 0.25) is 0 Å². The fourth-order valence-electron chi connectivity index (χ4n) is 2.01. The second-order valence-electron chi connectivity index (χ2n) is 4.06. The van der Waals surface area contributed by atoms with Crippen molar-refractivity contribution in [2.24, 2.45) is 0 Å². The summed E-state index contributed by atoms with van der Waals surface area (Å²) in [6.45, 7) is 2.05. The Labute approximate surface area is 105 Å². The summed E-state index contributed by atoms with van der Waals surface area (Å²) in [5, 5.41) is 0. The molecule has 0 atom stereocenters. The number of carbonyl (C=O) groups is 1. The maximum Gasteiger partial charge on any atom is 0.257 e. The average molecular weight is 258 g/mol. The van der Waals surface area contributed by atoms with Crippen molar-refractivity contribution in [3.05, 3.63) is 24.2 Å². The summed E-state index contributed by atoms with van der Waals surface area (Å²) in [6.07, 6.45) is 4.99. The molecule has 1 fully saturated rings. The monoisotopic (exact) mass is 257 g/mol. The van der Waals surface area contributed by atoms with Crippen LogP contribution in [-0.4, -0.2) is 42.5 Å². The number of alkyl halides is 1. The summed E-state index contributed by atoms with van der Waals surface area (Å²) in [6, 6.07) is 1.69. The highest BCUT2D eigenvalue weighted by Crippen LogP contribution is 2.16. The van der Waals surface area contributed by atoms with Crippen LogP contribution >= 0.6 is 11.6 Å². The normalized spacial score (nSPS) is 17.4. The predicted molar refractivity (Wildman–Crippen MR) is 64.3 cm³/mol. The largest absolute Gasteiger partial charge is 0.472 e. The van der Waals surface area contributed by atoms with Crippen molar-refractivity contribution >= 4 is 17.5 Å². The van der Waals surface area contributed by atoms with E-state index in [1.54, 1.807) is 6.07 Å². The zero-order chi connectivity index (χ0) is 12.1. The summed E-state index contributed by atoms with van der Waals surface area (Å²) < 4.78 is 10.5. The summed E-state index contributed by atoms with van der Waals surface area (Å²) >= 11 is 5.57. The van der Waals surface area contributed by atoms with E-state index >= 15 is 0 Å². The van der Waals surface area contributed by atoms with Crippen molar-refractivity contribution in [2.75, 3.05) is 25.6 Å². The molecule has 0 radical (unpaired) electrons. The van der Waals surface area contributed by atoms with Gasteiger partial charge >= 0.3 is 0 Å². The minimum atomic E-state index is 0.0366. The number of nitrogens with zero attached hydrogens (tertiary/aromatic N) is 1. The first kappa shape index (κ1) is 12.5. The van der Waals surface area contributed by atoms with E-state index in [9.17, 15) is 4.79 Å². The van der Waals surface area contributed by atoms with Gasteiger partial charge in [0.1, 0.15) is 6.26 Å². The van der Waals surface area contributed by atoms with Gasteiger partial charge < -0.3 is 14.1 Å². The van der Waals surface area contributed by atoms with Crippen LogP contribution in [0.2, 0.25) is 0 Å². The van der Waals surface area contributed by atoms with Crippen LogP contribution in [0.5, 0.6) is 0 Å². The van der Waals surface area contributed by atoms with Crippen molar-refractivity contribution in [2.45, 2.75) is 18.9 Å². The molecule has 4 nitrogen and oxygen atoms in total. The van der Waals surface area contributed by atoms with Crippen LogP contribution in [0.1, 0.15) is 23.2 Å². The van der Waals surface area contributed by atoms with Crippen LogP contribution in [0, 0.1) is 0 Å². The van der Waals surface area contributed by atoms with Gasteiger partial charge in [0.25, 0.3) is 5.91 Å². The molecule has 0 aromatic carbocycles. The van der Waals surface area contributed by atoms with Crippen molar-refractivity contribution in [1.82, 2.24) is 4.90 Å². The number of halogens is 1. The molecule has 0 bridgehead atoms. The van der Waals surface area contributed by atoms with E-state index in [4.69, 9.17) is 20.8 Å². The number of piperidine rings is 1. The first-order valence-corrected chi connectivity index (χ1v) is 6.33. The third-order valence-corrected chi connectivity index (χ3v) is 3.08. The van der Waals surface area contributed by atoms with E-state index in [1.165, 1.54) is 12.5 Å². The molecule has 1 saturated heterocycles. The first-order chi connectivity index (χ1) is 8.31. The van der Waals surface area contributed by atoms with Gasteiger partial charge in [-0.05, 0) is 18.9 Å². The van der Waals surface area contributed by atoms with Gasteiger partial charge in [-0.15, -0.1) is 11.6 Å². The number of furan rings is 1. The smallest absolute Gasteiger partial charge is 0.257 e. The Morgan fingerprint density at radius 2 is 2.29 bits per heavy atom. The topological polar surface area (TPSA) is 42.7 Å². The van der Waals surface area contributed by atoms with Gasteiger partial charge in [-0.1, -0.05) is 0 Å². The van der Waals surface area contributed by atoms with Crippen molar-refractivity contribution in [3.8, 4) is 0 Å². The molecule has 5 heteroatoms. The van der Waals surface area contributed by atoms with Gasteiger partial charge in [0.15, 0.2) is 0 Å². The molecule has 1 aliphatic heterocycles. The Morgan fingerprint density at radius 1 is 1.53 bits per heavy atom. The summed E-state index contributed by atoms with van der Waals surface area (Å²) in [4.78, 5) is 13.8. The molecule has 1 aromatic rings. The molecule has 2 heterocycles. The van der Waals surface area contributed by atoms with Gasteiger partial charge in [0.05, 0.1) is 24.5 Å². The number of likely N-dealkylation sites (tertiary alicyclic amines) is 1. The van der Waals surface area contributed by atoms with Crippen molar-refractivity contribution in [3.63, 3.8) is 0 Å². The minimum absolute atomic E-state index is 0.0366. The maximum absolute atomic E-state index is 12.0. The molecule has 0 saturated carbocycles. The van der Waals surface area contributed by atoms with Gasteiger partial charge in [0, 0.05) is 19.0 Å². The van der Waals surface area contributed by atoms with Crippen LogP contribution in [-0.2, 0) is 4.74 Å². The highest BCUT2D eigenvalue weighted by Gasteiger charge is 2.24. The molecule has 1 aliphatic rings. The van der Waals surface area contributed by atoms with Gasteiger partial charge in [-0.25, -0.2) is 0 Å². The molecule has 17 heavy (non-hydrogen) atoms. The third-order valence-electron chi connectivity index (χ3n) is 2.93. The summed E-state index contributed by atoms with van der Waals surface area (Å²) in [5.74, 6) is 0.559. The number of hydrogen-bond donors (Lipinski definition) is 0. The summed E-state index contributed by atoms with van der Waals surface area (Å²) in [5.41, 5.74) is 0.616. The van der Waals surface area contributed by atoms with Crippen molar-refractivity contribution < 1.29 is 13.9 Å². The number of hydrogen-bond acceptors (Lipinski definition) is 3. The van der Waals surface area contributed by atoms with E-state index in [-0.39, 0.29) is 12.0 Å². The highest BCUT2D eigenvalue weighted by molar-refractivity contribution is 6.17. The Kier molecular flexibility index (Phi) is 4.45. The second-order valence-corrected chi connectivity index (χ2v) is 4.44. The number of amides is 1. The maximum atomic E-state index is 12.0. The Morgan fingerprint density at radius 3 is 2.88 bits per heavy atom. The molecule has 0 spiro atoms. The quantitative estimate of drug-likeness (QED) is 0.776. The lowest BCUT2D eigenvalue weighted by molar-refractivity contribution is 0.0154. The molecule has 1 amide bonds. The molecule has 0 N–H and O–H groups in total. The van der Waals surface area contributed by atoms with E-state index in [2.05, 4.69) is 0 Å². The summed E-state index contributed by atoms with van der Waals surface area (Å²) in [7, 11) is 0. The Hall–Kier alpha value is -1.00. The highest BCUT2D eigenvalue weighted by atomic mass is 35.5. The lowest BCUT2D eigenvalue weighted by atomic mass is 10.1. The lowest BCUT2D eigenvalue weighted by Crippen LogP contribution is -2.40. The first-order valence-electron chi connectivity index (χ1n) is 5.80. The SMILES string of the molecule is O=C(c1ccoc1)N1CCC(OCCCl)CC1. The van der Waals surface area contributed by atoms with Gasteiger partial charge in [-0.3, -0.25) is 4.79 Å². The lowest BCUT2D eigenvalue weighted by Gasteiger charge is -2.31. The second kappa shape index (κ2) is 6.07. The predicted octanol–water partition coefficient (Wildman–Crippen LogP) is 2.14. The fraction of sp³-hybridized carbons (Fsp3) is 0.583. The molecular weight excluding hydrogens is 242 g/mol. The van der Waals surface area contributed by atoms with E-state index < -0.39 is 0 Å². The van der Waals surface area contributed by atoms with E-state index in [0.717, 1.165) is 25.9 Å². The molecule has 0 aliphatic carbocycles. The van der Waals surface area contributed by atoms with Crippen molar-refractivity contribution in [1.29, 1.82) is 0 Å². The number of ether oxygens (including phenoxy) is 1. The average Bonchev–Trinajstić information content (AvgIpc) is 2.90. The Bertz CT molecular complexity index is 345. The number of rotatable bonds is 4. The minimum Gasteiger partial charge on any atom is -0.472 e. The van der Waals surface area contributed by atoms with Crippen LogP contribution in [0.4, 0.5) is 0 Å². The zero-order valence-corrected chi connectivity index (χ0v) is 10.4. The molecular formula is C12H16ClNO3. The molecule has 94 valence electrons. The fourth-order valence-corrected chi connectivity index (χ4v) is 2.09. The molecule has 1 aromatic heterocycles. The van der Waals surface area contributed by atoms with Crippen LogP contribution < -0.4 is 0 Å². The van der Waals surface area contributed by atoms with Crippen LogP contribution in [0.15, 0.2) is 23.0 Å². The molecule has 0 unspecified atom stereocenters. The van der Waals surface area contributed by atoms with Crippen LogP contribution in [0.25, 0.3) is 0 Å². The van der Waals surface area contributed by atoms with Gasteiger partial charge in [-0.2, -0.15) is 0 Å². The van der Waals surface area contributed by atoms with E-state index in [1.807, 2.05) is 4.90 Å². The standard InChI is InChI=1S/C12H16ClNO3/c13-4-8-17-11-1-5-14(6-2-11)12(15)10-3-7-16-9-10/h3,7,9,11H,1-2,4-6,8H2. The van der Waals surface area contributed by atoms with Crippen LogP contribution in [0.3, 0.4) is 0 Å². The Balaban J connectivity index is 1.81.